The lowest BCUT2D eigenvalue weighted by atomic mass is 9.89. The van der Waals surface area contributed by atoms with Crippen molar-refractivity contribution >= 4 is 23.7 Å². The molecule has 0 radical (unpaired) electrons. The molecule has 1 amide bonds. The molecule has 1 atom stereocenters. The standard InChI is InChI=1S/C18H29ClN4O4/c1-17(2,3)14-13(15(24)26-11-19)20-21-23(14)12-8-7-9-22(10-12)16(25)27-18(4,5)6/h12H,7-11H2,1-6H3. The van der Waals surface area contributed by atoms with Gasteiger partial charge >= 0.3 is 12.1 Å². The Kier molecular flexibility index (Phi) is 6.39. The molecule has 152 valence electrons. The van der Waals surface area contributed by atoms with Gasteiger partial charge < -0.3 is 14.4 Å². The number of carbonyl (C=O) groups excluding carboxylic acids is 2. The van der Waals surface area contributed by atoms with E-state index in [2.05, 4.69) is 10.3 Å². The molecule has 1 aromatic rings. The van der Waals surface area contributed by atoms with Crippen LogP contribution in [0.3, 0.4) is 0 Å². The molecule has 27 heavy (non-hydrogen) atoms. The van der Waals surface area contributed by atoms with E-state index in [1.54, 1.807) is 9.58 Å². The van der Waals surface area contributed by atoms with Crippen molar-refractivity contribution < 1.29 is 19.1 Å². The maximum atomic E-state index is 12.4. The Morgan fingerprint density at radius 1 is 1.22 bits per heavy atom. The third-order valence-electron chi connectivity index (χ3n) is 4.18. The Balaban J connectivity index is 2.29. The summed E-state index contributed by atoms with van der Waals surface area (Å²) in [6.07, 6.45) is 1.30. The molecular weight excluding hydrogens is 372 g/mol. The van der Waals surface area contributed by atoms with Crippen molar-refractivity contribution in [3.8, 4) is 0 Å². The van der Waals surface area contributed by atoms with Crippen LogP contribution in [-0.4, -0.2) is 56.7 Å². The van der Waals surface area contributed by atoms with Gasteiger partial charge in [-0.05, 0) is 33.6 Å². The SMILES string of the molecule is CC(C)(C)OC(=O)N1CCCC(n2nnc(C(=O)OCCl)c2C(C)(C)C)C1. The zero-order chi connectivity index (χ0) is 20.4. The Morgan fingerprint density at radius 3 is 2.44 bits per heavy atom. The summed E-state index contributed by atoms with van der Waals surface area (Å²) in [5.74, 6) is -0.596. The van der Waals surface area contributed by atoms with Gasteiger partial charge in [-0.25, -0.2) is 14.3 Å². The lowest BCUT2D eigenvalue weighted by Crippen LogP contribution is -2.44. The summed E-state index contributed by atoms with van der Waals surface area (Å²) in [6, 6.07) is -0.337. The maximum Gasteiger partial charge on any atom is 0.410 e. The van der Waals surface area contributed by atoms with Crippen molar-refractivity contribution in [2.24, 2.45) is 0 Å². The monoisotopic (exact) mass is 400 g/mol. The summed E-state index contributed by atoms with van der Waals surface area (Å²) in [4.78, 5) is 26.4. The van der Waals surface area contributed by atoms with E-state index >= 15 is 0 Å². The van der Waals surface area contributed by atoms with E-state index in [9.17, 15) is 9.59 Å². The van der Waals surface area contributed by atoms with E-state index < -0.39 is 17.0 Å². The molecule has 0 saturated carbocycles. The lowest BCUT2D eigenvalue weighted by molar-refractivity contribution is 0.0163. The molecule has 1 fully saturated rings. The first kappa shape index (κ1) is 21.5. The van der Waals surface area contributed by atoms with Crippen LogP contribution in [0, 0.1) is 0 Å². The molecule has 0 bridgehead atoms. The first-order valence-electron chi connectivity index (χ1n) is 9.10. The molecule has 2 rings (SSSR count). The van der Waals surface area contributed by atoms with Gasteiger partial charge in [0.1, 0.15) is 5.60 Å². The number of esters is 1. The van der Waals surface area contributed by atoms with Crippen LogP contribution in [0.4, 0.5) is 4.79 Å². The molecule has 1 saturated heterocycles. The molecule has 0 N–H and O–H groups in total. The summed E-state index contributed by atoms with van der Waals surface area (Å²) < 4.78 is 12.1. The van der Waals surface area contributed by atoms with Crippen LogP contribution >= 0.6 is 11.6 Å². The number of carbonyl (C=O) groups is 2. The summed E-state index contributed by atoms with van der Waals surface area (Å²) in [6.45, 7) is 12.6. The molecule has 9 heteroatoms. The predicted molar refractivity (Wildman–Crippen MR) is 101 cm³/mol. The second-order valence-corrected chi connectivity index (χ2v) is 8.96. The molecule has 1 unspecified atom stereocenters. The Morgan fingerprint density at radius 2 is 1.89 bits per heavy atom. The Hall–Kier alpha value is -1.83. The average molecular weight is 401 g/mol. The van der Waals surface area contributed by atoms with Crippen LogP contribution < -0.4 is 0 Å². The number of rotatable bonds is 3. The molecular formula is C18H29ClN4O4. The van der Waals surface area contributed by atoms with Crippen LogP contribution in [0.5, 0.6) is 0 Å². The summed E-state index contributed by atoms with van der Waals surface area (Å²) >= 11 is 5.52. The second kappa shape index (κ2) is 8.04. The summed E-state index contributed by atoms with van der Waals surface area (Å²) in [5, 5.41) is 8.27. The number of amides is 1. The molecule has 1 aromatic heterocycles. The first-order chi connectivity index (χ1) is 12.4. The van der Waals surface area contributed by atoms with Crippen LogP contribution in [0.15, 0.2) is 0 Å². The van der Waals surface area contributed by atoms with Gasteiger partial charge in [0, 0.05) is 18.5 Å². The van der Waals surface area contributed by atoms with E-state index in [1.165, 1.54) is 0 Å². The molecule has 1 aliphatic heterocycles. The summed E-state index contributed by atoms with van der Waals surface area (Å²) in [5.41, 5.74) is -0.101. The fraction of sp³-hybridized carbons (Fsp3) is 0.778. The zero-order valence-corrected chi connectivity index (χ0v) is 17.7. The Labute approximate surface area is 165 Å². The third kappa shape index (κ3) is 5.34. The topological polar surface area (TPSA) is 86.5 Å². The van der Waals surface area contributed by atoms with Gasteiger partial charge in [0.25, 0.3) is 0 Å². The van der Waals surface area contributed by atoms with Gasteiger partial charge in [0.05, 0.1) is 11.7 Å². The maximum absolute atomic E-state index is 12.4. The number of ether oxygens (including phenoxy) is 2. The van der Waals surface area contributed by atoms with Gasteiger partial charge in [-0.1, -0.05) is 37.6 Å². The molecule has 2 heterocycles. The minimum absolute atomic E-state index is 0.0921. The average Bonchev–Trinajstić information content (AvgIpc) is 2.99. The van der Waals surface area contributed by atoms with Crippen molar-refractivity contribution in [3.63, 3.8) is 0 Å². The van der Waals surface area contributed by atoms with Crippen molar-refractivity contribution in [1.29, 1.82) is 0 Å². The van der Waals surface area contributed by atoms with Gasteiger partial charge in [-0.3, -0.25) is 0 Å². The van der Waals surface area contributed by atoms with Crippen molar-refractivity contribution in [2.75, 3.05) is 19.2 Å². The smallest absolute Gasteiger partial charge is 0.410 e. The number of piperidine rings is 1. The molecule has 0 aliphatic carbocycles. The number of likely N-dealkylation sites (tertiary alicyclic amines) is 1. The minimum Gasteiger partial charge on any atom is -0.445 e. The second-order valence-electron chi connectivity index (χ2n) is 8.74. The van der Waals surface area contributed by atoms with E-state index in [0.717, 1.165) is 12.8 Å². The molecule has 1 aliphatic rings. The van der Waals surface area contributed by atoms with Gasteiger partial charge in [0.2, 0.25) is 0 Å². The number of hydrogen-bond donors (Lipinski definition) is 0. The van der Waals surface area contributed by atoms with Crippen molar-refractivity contribution in [2.45, 2.75) is 71.4 Å². The predicted octanol–water partition coefficient (Wildman–Crippen LogP) is 3.50. The van der Waals surface area contributed by atoms with E-state index in [0.29, 0.717) is 18.8 Å². The molecule has 0 aromatic carbocycles. The minimum atomic E-state index is -0.596. The quantitative estimate of drug-likeness (QED) is 0.570. The normalized spacial score (nSPS) is 18.3. The highest BCUT2D eigenvalue weighted by molar-refractivity contribution is 6.17. The number of alkyl halides is 1. The molecule has 0 spiro atoms. The number of hydrogen-bond acceptors (Lipinski definition) is 6. The number of halogens is 1. The van der Waals surface area contributed by atoms with Gasteiger partial charge in [-0.2, -0.15) is 0 Å². The Bertz CT molecular complexity index is 691. The van der Waals surface area contributed by atoms with E-state index in [1.807, 2.05) is 41.5 Å². The highest BCUT2D eigenvalue weighted by Crippen LogP contribution is 2.31. The van der Waals surface area contributed by atoms with Crippen LogP contribution in [0.25, 0.3) is 0 Å². The number of nitrogens with zero attached hydrogens (tertiary/aromatic N) is 4. The highest BCUT2D eigenvalue weighted by Gasteiger charge is 2.35. The largest absolute Gasteiger partial charge is 0.445 e. The van der Waals surface area contributed by atoms with Gasteiger partial charge in [-0.15, -0.1) is 5.10 Å². The highest BCUT2D eigenvalue weighted by atomic mass is 35.5. The lowest BCUT2D eigenvalue weighted by Gasteiger charge is -2.35. The van der Waals surface area contributed by atoms with Crippen LogP contribution in [0.1, 0.15) is 76.6 Å². The molecule has 8 nitrogen and oxygen atoms in total. The van der Waals surface area contributed by atoms with Crippen LogP contribution in [-0.2, 0) is 14.9 Å². The van der Waals surface area contributed by atoms with Crippen LogP contribution in [0.2, 0.25) is 0 Å². The van der Waals surface area contributed by atoms with Crippen molar-refractivity contribution in [3.05, 3.63) is 11.4 Å². The van der Waals surface area contributed by atoms with E-state index in [4.69, 9.17) is 21.1 Å². The van der Waals surface area contributed by atoms with Crippen molar-refractivity contribution in [1.82, 2.24) is 19.9 Å². The third-order valence-corrected chi connectivity index (χ3v) is 4.29. The van der Waals surface area contributed by atoms with Gasteiger partial charge in [0.15, 0.2) is 11.8 Å². The fourth-order valence-corrected chi connectivity index (χ4v) is 3.25. The zero-order valence-electron chi connectivity index (χ0n) is 16.9. The van der Waals surface area contributed by atoms with E-state index in [-0.39, 0.29) is 23.9 Å². The fourth-order valence-electron chi connectivity index (χ4n) is 3.15. The first-order valence-corrected chi connectivity index (χ1v) is 9.64. The summed E-state index contributed by atoms with van der Waals surface area (Å²) in [7, 11) is 0. The number of aromatic nitrogens is 3.